The van der Waals surface area contributed by atoms with Crippen molar-refractivity contribution in [3.05, 3.63) is 65.4 Å². The fourth-order valence-corrected chi connectivity index (χ4v) is 4.19. The molecule has 2 heterocycles. The minimum atomic E-state index is -0.154. The molecular formula is C23H25ClN4O. The molecule has 0 bridgehead atoms. The third-order valence-electron chi connectivity index (χ3n) is 5.57. The molecule has 1 aromatic heterocycles. The maximum absolute atomic E-state index is 13.3. The van der Waals surface area contributed by atoms with Gasteiger partial charge < -0.3 is 9.80 Å². The van der Waals surface area contributed by atoms with Crippen molar-refractivity contribution in [1.29, 1.82) is 0 Å². The van der Waals surface area contributed by atoms with Gasteiger partial charge in [0, 0.05) is 36.6 Å². The standard InChI is InChI=1S/C23H25ClN4O/c1-16(2)21(17-7-9-18(24)10-8-17)23(29)28-13-11-27(12-14-28)22-19-5-3-4-6-20(19)25-15-26-22/h3-10,15-16,21H,11-14H2,1-2H3. The molecule has 0 aliphatic carbocycles. The van der Waals surface area contributed by atoms with Gasteiger partial charge in [0.15, 0.2) is 0 Å². The van der Waals surface area contributed by atoms with E-state index < -0.39 is 0 Å². The summed E-state index contributed by atoms with van der Waals surface area (Å²) < 4.78 is 0. The monoisotopic (exact) mass is 408 g/mol. The van der Waals surface area contributed by atoms with Crippen LogP contribution in [0, 0.1) is 5.92 Å². The second kappa shape index (κ2) is 8.37. The molecule has 0 radical (unpaired) electrons. The fourth-order valence-electron chi connectivity index (χ4n) is 4.06. The second-order valence-electron chi connectivity index (χ2n) is 7.80. The smallest absolute Gasteiger partial charge is 0.230 e. The summed E-state index contributed by atoms with van der Waals surface area (Å²) in [6.07, 6.45) is 1.62. The minimum Gasteiger partial charge on any atom is -0.352 e. The number of nitrogens with zero attached hydrogens (tertiary/aromatic N) is 4. The zero-order valence-electron chi connectivity index (χ0n) is 16.8. The Hall–Kier alpha value is -2.66. The number of carbonyl (C=O) groups is 1. The van der Waals surface area contributed by atoms with Crippen LogP contribution in [0.15, 0.2) is 54.9 Å². The maximum Gasteiger partial charge on any atom is 0.230 e. The largest absolute Gasteiger partial charge is 0.352 e. The van der Waals surface area contributed by atoms with Crippen molar-refractivity contribution in [2.75, 3.05) is 31.1 Å². The topological polar surface area (TPSA) is 49.3 Å². The van der Waals surface area contributed by atoms with Crippen LogP contribution in [0.4, 0.5) is 5.82 Å². The first-order valence-corrected chi connectivity index (χ1v) is 10.4. The number of amides is 1. The molecule has 1 fully saturated rings. The van der Waals surface area contributed by atoms with E-state index in [1.165, 1.54) is 0 Å². The molecule has 1 unspecified atom stereocenters. The van der Waals surface area contributed by atoms with Gasteiger partial charge in [0.1, 0.15) is 12.1 Å². The Morgan fingerprint density at radius 3 is 2.34 bits per heavy atom. The summed E-state index contributed by atoms with van der Waals surface area (Å²) in [6.45, 7) is 7.10. The Morgan fingerprint density at radius 1 is 0.966 bits per heavy atom. The van der Waals surface area contributed by atoms with Crippen LogP contribution in [0.3, 0.4) is 0 Å². The van der Waals surface area contributed by atoms with Crippen molar-refractivity contribution >= 4 is 34.2 Å². The summed E-state index contributed by atoms with van der Waals surface area (Å²) in [7, 11) is 0. The number of rotatable bonds is 4. The summed E-state index contributed by atoms with van der Waals surface area (Å²) in [4.78, 5) is 26.4. The SMILES string of the molecule is CC(C)C(C(=O)N1CCN(c2ncnc3ccccc23)CC1)c1ccc(Cl)cc1. The van der Waals surface area contributed by atoms with Crippen molar-refractivity contribution in [1.82, 2.24) is 14.9 Å². The first-order valence-electron chi connectivity index (χ1n) is 10.0. The Bertz CT molecular complexity index is 992. The first kappa shape index (κ1) is 19.6. The van der Waals surface area contributed by atoms with Gasteiger partial charge in [0.05, 0.1) is 11.4 Å². The number of hydrogen-bond donors (Lipinski definition) is 0. The van der Waals surface area contributed by atoms with Crippen LogP contribution in [0.25, 0.3) is 10.9 Å². The second-order valence-corrected chi connectivity index (χ2v) is 8.24. The van der Waals surface area contributed by atoms with E-state index in [0.717, 1.165) is 35.4 Å². The Morgan fingerprint density at radius 2 is 1.66 bits per heavy atom. The molecule has 1 saturated heterocycles. The van der Waals surface area contributed by atoms with Gasteiger partial charge in [-0.2, -0.15) is 0 Å². The van der Waals surface area contributed by atoms with Crippen LogP contribution in [-0.2, 0) is 4.79 Å². The van der Waals surface area contributed by atoms with Gasteiger partial charge in [-0.25, -0.2) is 9.97 Å². The van der Waals surface area contributed by atoms with Gasteiger partial charge in [-0.1, -0.05) is 49.7 Å². The number of anilines is 1. The van der Waals surface area contributed by atoms with Crippen molar-refractivity contribution in [3.63, 3.8) is 0 Å². The van der Waals surface area contributed by atoms with Crippen LogP contribution >= 0.6 is 11.6 Å². The van der Waals surface area contributed by atoms with E-state index >= 15 is 0 Å². The molecule has 5 nitrogen and oxygen atoms in total. The molecule has 0 spiro atoms. The number of fused-ring (bicyclic) bond motifs is 1. The van der Waals surface area contributed by atoms with Crippen molar-refractivity contribution in [2.24, 2.45) is 5.92 Å². The van der Waals surface area contributed by atoms with Gasteiger partial charge in [0.25, 0.3) is 0 Å². The van der Waals surface area contributed by atoms with Gasteiger partial charge in [0.2, 0.25) is 5.91 Å². The Balaban J connectivity index is 1.49. The average Bonchev–Trinajstić information content (AvgIpc) is 2.75. The Labute approximate surface area is 176 Å². The first-order chi connectivity index (χ1) is 14.0. The third-order valence-corrected chi connectivity index (χ3v) is 5.83. The Kier molecular flexibility index (Phi) is 5.67. The molecule has 1 aliphatic heterocycles. The van der Waals surface area contributed by atoms with E-state index in [4.69, 9.17) is 11.6 Å². The number of para-hydroxylation sites is 1. The summed E-state index contributed by atoms with van der Waals surface area (Å²) in [5.41, 5.74) is 1.97. The lowest BCUT2D eigenvalue weighted by Crippen LogP contribution is -2.50. The molecular weight excluding hydrogens is 384 g/mol. The molecule has 0 N–H and O–H groups in total. The van der Waals surface area contributed by atoms with Crippen LogP contribution in [0.2, 0.25) is 5.02 Å². The summed E-state index contributed by atoms with van der Waals surface area (Å²) in [5, 5.41) is 1.74. The number of aromatic nitrogens is 2. The number of carbonyl (C=O) groups excluding carboxylic acids is 1. The van der Waals surface area contributed by atoms with E-state index in [1.54, 1.807) is 6.33 Å². The molecule has 150 valence electrons. The third kappa shape index (κ3) is 4.06. The zero-order chi connectivity index (χ0) is 20.4. The van der Waals surface area contributed by atoms with Crippen LogP contribution < -0.4 is 4.90 Å². The summed E-state index contributed by atoms with van der Waals surface area (Å²) in [6, 6.07) is 15.7. The normalized spacial score (nSPS) is 15.7. The van der Waals surface area contributed by atoms with Gasteiger partial charge in [-0.05, 0) is 35.7 Å². The molecule has 29 heavy (non-hydrogen) atoms. The average molecular weight is 409 g/mol. The predicted molar refractivity (Wildman–Crippen MR) is 117 cm³/mol. The highest BCUT2D eigenvalue weighted by Crippen LogP contribution is 2.29. The van der Waals surface area contributed by atoms with Crippen molar-refractivity contribution in [2.45, 2.75) is 19.8 Å². The van der Waals surface area contributed by atoms with Crippen LogP contribution in [0.1, 0.15) is 25.3 Å². The number of hydrogen-bond acceptors (Lipinski definition) is 4. The fraction of sp³-hybridized carbons (Fsp3) is 0.348. The van der Waals surface area contributed by atoms with E-state index in [2.05, 4.69) is 34.8 Å². The van der Waals surface area contributed by atoms with Crippen molar-refractivity contribution < 1.29 is 4.79 Å². The molecule has 2 aromatic carbocycles. The number of piperazine rings is 1. The lowest BCUT2D eigenvalue weighted by atomic mass is 9.87. The lowest BCUT2D eigenvalue weighted by Gasteiger charge is -2.38. The van der Waals surface area contributed by atoms with Gasteiger partial charge >= 0.3 is 0 Å². The van der Waals surface area contributed by atoms with Gasteiger partial charge in [-0.15, -0.1) is 0 Å². The highest BCUT2D eigenvalue weighted by atomic mass is 35.5. The summed E-state index contributed by atoms with van der Waals surface area (Å²) in [5.74, 6) is 1.20. The number of halogens is 1. The molecule has 1 aliphatic rings. The van der Waals surface area contributed by atoms with Crippen LogP contribution in [-0.4, -0.2) is 47.0 Å². The van der Waals surface area contributed by atoms with Crippen molar-refractivity contribution in [3.8, 4) is 0 Å². The predicted octanol–water partition coefficient (Wildman–Crippen LogP) is 4.37. The zero-order valence-corrected chi connectivity index (χ0v) is 17.5. The molecule has 1 amide bonds. The van der Waals surface area contributed by atoms with E-state index in [0.29, 0.717) is 18.1 Å². The molecule has 0 saturated carbocycles. The maximum atomic E-state index is 13.3. The quantitative estimate of drug-likeness (QED) is 0.643. The van der Waals surface area contributed by atoms with E-state index in [9.17, 15) is 4.79 Å². The minimum absolute atomic E-state index is 0.154. The highest BCUT2D eigenvalue weighted by Gasteiger charge is 2.31. The lowest BCUT2D eigenvalue weighted by molar-refractivity contribution is -0.134. The molecule has 1 atom stereocenters. The van der Waals surface area contributed by atoms with E-state index in [-0.39, 0.29) is 17.7 Å². The molecule has 3 aromatic rings. The van der Waals surface area contributed by atoms with Crippen LogP contribution in [0.5, 0.6) is 0 Å². The number of benzene rings is 2. The van der Waals surface area contributed by atoms with Gasteiger partial charge in [-0.3, -0.25) is 4.79 Å². The molecule has 4 rings (SSSR count). The summed E-state index contributed by atoms with van der Waals surface area (Å²) >= 11 is 6.03. The molecule has 6 heteroatoms. The highest BCUT2D eigenvalue weighted by molar-refractivity contribution is 6.30. The van der Waals surface area contributed by atoms with E-state index in [1.807, 2.05) is 47.4 Å².